The van der Waals surface area contributed by atoms with Gasteiger partial charge in [0.2, 0.25) is 0 Å². The predicted octanol–water partition coefficient (Wildman–Crippen LogP) is 4.97. The molecule has 2 unspecified atom stereocenters. The lowest BCUT2D eigenvalue weighted by molar-refractivity contribution is -0.137. The van der Waals surface area contributed by atoms with Gasteiger partial charge in [-0.25, -0.2) is 0 Å². The molecule has 4 heteroatoms. The second-order valence-corrected chi connectivity index (χ2v) is 5.97. The van der Waals surface area contributed by atoms with Crippen molar-refractivity contribution in [3.63, 3.8) is 0 Å². The van der Waals surface area contributed by atoms with Crippen LogP contribution in [0.4, 0.5) is 13.2 Å². The van der Waals surface area contributed by atoms with Crippen LogP contribution >= 0.6 is 0 Å². The Kier molecular flexibility index (Phi) is 4.08. The largest absolute Gasteiger partial charge is 0.416 e. The van der Waals surface area contributed by atoms with Gasteiger partial charge in [0.05, 0.1) is 17.0 Å². The highest BCUT2D eigenvalue weighted by Crippen LogP contribution is 2.41. The van der Waals surface area contributed by atoms with Crippen molar-refractivity contribution in [2.24, 2.45) is 11.3 Å². The first-order chi connectivity index (χ1) is 9.35. The van der Waals surface area contributed by atoms with Crippen LogP contribution in [-0.4, -0.2) is 0 Å². The van der Waals surface area contributed by atoms with Crippen molar-refractivity contribution >= 4 is 0 Å². The summed E-state index contributed by atoms with van der Waals surface area (Å²) in [6.45, 7) is 2.14. The number of benzene rings is 1. The van der Waals surface area contributed by atoms with Crippen LogP contribution in [0.15, 0.2) is 24.3 Å². The van der Waals surface area contributed by atoms with Crippen LogP contribution in [0.3, 0.4) is 0 Å². The molecule has 1 fully saturated rings. The van der Waals surface area contributed by atoms with Crippen LogP contribution in [0.1, 0.15) is 43.7 Å². The Balaban J connectivity index is 2.14. The van der Waals surface area contributed by atoms with E-state index >= 15 is 0 Å². The van der Waals surface area contributed by atoms with Gasteiger partial charge >= 0.3 is 6.18 Å². The van der Waals surface area contributed by atoms with Gasteiger partial charge < -0.3 is 0 Å². The number of nitrogens with zero attached hydrogens (tertiary/aromatic N) is 1. The summed E-state index contributed by atoms with van der Waals surface area (Å²) in [5.41, 5.74) is -0.227. The molecule has 1 aromatic carbocycles. The standard InChI is InChI=1S/C16H18F3N/c1-12-3-2-8-15(9-12,11-20)10-13-4-6-14(7-5-13)16(17,18)19/h4-7,12H,2-3,8-10H2,1H3. The SMILES string of the molecule is CC1CCCC(C#N)(Cc2ccc(C(F)(F)F)cc2)C1. The molecule has 0 N–H and O–H groups in total. The van der Waals surface area contributed by atoms with Gasteiger partial charge in [-0.15, -0.1) is 0 Å². The van der Waals surface area contributed by atoms with Crippen LogP contribution in [0.2, 0.25) is 0 Å². The zero-order valence-electron chi connectivity index (χ0n) is 11.5. The third-order valence-electron chi connectivity index (χ3n) is 4.15. The van der Waals surface area contributed by atoms with Crippen LogP contribution in [-0.2, 0) is 12.6 Å². The van der Waals surface area contributed by atoms with E-state index in [9.17, 15) is 18.4 Å². The van der Waals surface area contributed by atoms with E-state index in [1.807, 2.05) is 0 Å². The molecule has 2 atom stereocenters. The first kappa shape index (κ1) is 14.9. The fourth-order valence-corrected chi connectivity index (χ4v) is 3.16. The predicted molar refractivity (Wildman–Crippen MR) is 70.8 cm³/mol. The third kappa shape index (κ3) is 3.33. The van der Waals surface area contributed by atoms with Gasteiger partial charge in [-0.2, -0.15) is 18.4 Å². The van der Waals surface area contributed by atoms with Gasteiger partial charge in [0.1, 0.15) is 0 Å². The van der Waals surface area contributed by atoms with Crippen LogP contribution in [0.5, 0.6) is 0 Å². The number of alkyl halides is 3. The summed E-state index contributed by atoms with van der Waals surface area (Å²) in [4.78, 5) is 0. The average Bonchev–Trinajstić information content (AvgIpc) is 2.38. The maximum atomic E-state index is 12.5. The van der Waals surface area contributed by atoms with Crippen LogP contribution in [0.25, 0.3) is 0 Å². The van der Waals surface area contributed by atoms with E-state index in [1.54, 1.807) is 0 Å². The van der Waals surface area contributed by atoms with Gasteiger partial charge in [-0.3, -0.25) is 0 Å². The summed E-state index contributed by atoms with van der Waals surface area (Å²) in [5.74, 6) is 0.512. The summed E-state index contributed by atoms with van der Waals surface area (Å²) >= 11 is 0. The number of hydrogen-bond acceptors (Lipinski definition) is 1. The Labute approximate surface area is 117 Å². The number of halogens is 3. The molecule has 0 bridgehead atoms. The number of rotatable bonds is 2. The van der Waals surface area contributed by atoms with Gasteiger partial charge in [0.15, 0.2) is 0 Å². The molecule has 0 aliphatic heterocycles. The van der Waals surface area contributed by atoms with Crippen molar-refractivity contribution in [3.8, 4) is 6.07 Å². The van der Waals surface area contributed by atoms with Crippen molar-refractivity contribution < 1.29 is 13.2 Å². The molecule has 1 saturated carbocycles. The maximum Gasteiger partial charge on any atom is 0.416 e. The Morgan fingerprint density at radius 1 is 1.30 bits per heavy atom. The maximum absolute atomic E-state index is 12.5. The summed E-state index contributed by atoms with van der Waals surface area (Å²) in [5, 5.41) is 9.47. The lowest BCUT2D eigenvalue weighted by atomic mass is 9.68. The molecule has 0 aromatic heterocycles. The fraction of sp³-hybridized carbons (Fsp3) is 0.562. The average molecular weight is 281 g/mol. The monoisotopic (exact) mass is 281 g/mol. The molecule has 0 radical (unpaired) electrons. The van der Waals surface area contributed by atoms with Crippen LogP contribution in [0, 0.1) is 22.7 Å². The van der Waals surface area contributed by atoms with Crippen molar-refractivity contribution in [1.29, 1.82) is 5.26 Å². The Morgan fingerprint density at radius 2 is 1.95 bits per heavy atom. The Hall–Kier alpha value is -1.50. The van der Waals surface area contributed by atoms with E-state index < -0.39 is 17.2 Å². The normalized spacial score (nSPS) is 27.1. The zero-order valence-corrected chi connectivity index (χ0v) is 11.5. The highest BCUT2D eigenvalue weighted by atomic mass is 19.4. The molecule has 0 spiro atoms. The van der Waals surface area contributed by atoms with Gasteiger partial charge in [-0.1, -0.05) is 31.9 Å². The summed E-state index contributed by atoms with van der Waals surface area (Å²) in [6.07, 6.45) is 0.0853. The van der Waals surface area contributed by atoms with Crippen molar-refractivity contribution in [1.82, 2.24) is 0 Å². The molecule has 2 rings (SSSR count). The van der Waals surface area contributed by atoms with Crippen molar-refractivity contribution in [3.05, 3.63) is 35.4 Å². The summed E-state index contributed by atoms with van der Waals surface area (Å²) < 4.78 is 37.6. The first-order valence-electron chi connectivity index (χ1n) is 6.92. The number of hydrogen-bond donors (Lipinski definition) is 0. The molecule has 0 amide bonds. The molecule has 1 aliphatic carbocycles. The quantitative estimate of drug-likeness (QED) is 0.751. The second kappa shape index (κ2) is 5.47. The topological polar surface area (TPSA) is 23.8 Å². The number of nitriles is 1. The van der Waals surface area contributed by atoms with Gasteiger partial charge in [0.25, 0.3) is 0 Å². The van der Waals surface area contributed by atoms with Gasteiger partial charge in [-0.05, 0) is 42.9 Å². The second-order valence-electron chi connectivity index (χ2n) is 5.97. The van der Waals surface area contributed by atoms with E-state index in [2.05, 4.69) is 13.0 Å². The first-order valence-corrected chi connectivity index (χ1v) is 6.92. The molecule has 20 heavy (non-hydrogen) atoms. The Bertz CT molecular complexity index is 498. The molecule has 1 aliphatic rings. The molecule has 0 saturated heterocycles. The smallest absolute Gasteiger partial charge is 0.198 e. The Morgan fingerprint density at radius 3 is 2.45 bits per heavy atom. The molecule has 0 heterocycles. The van der Waals surface area contributed by atoms with Crippen LogP contribution < -0.4 is 0 Å². The fourth-order valence-electron chi connectivity index (χ4n) is 3.16. The van der Waals surface area contributed by atoms with Crippen molar-refractivity contribution in [2.45, 2.75) is 45.2 Å². The molecular formula is C16H18F3N. The van der Waals surface area contributed by atoms with Gasteiger partial charge in [0, 0.05) is 0 Å². The summed E-state index contributed by atoms with van der Waals surface area (Å²) in [6, 6.07) is 7.63. The highest BCUT2D eigenvalue weighted by molar-refractivity contribution is 5.26. The lowest BCUT2D eigenvalue weighted by Gasteiger charge is -2.34. The minimum absolute atomic E-state index is 0.405. The zero-order chi connectivity index (χ0) is 14.8. The van der Waals surface area contributed by atoms with E-state index in [1.165, 1.54) is 12.1 Å². The van der Waals surface area contributed by atoms with E-state index in [4.69, 9.17) is 0 Å². The molecule has 108 valence electrons. The lowest BCUT2D eigenvalue weighted by Crippen LogP contribution is -2.28. The molecular weight excluding hydrogens is 263 g/mol. The molecule has 1 nitrogen and oxygen atoms in total. The van der Waals surface area contributed by atoms with E-state index in [0.717, 1.165) is 43.4 Å². The third-order valence-corrected chi connectivity index (χ3v) is 4.15. The minimum atomic E-state index is -4.30. The van der Waals surface area contributed by atoms with Crippen molar-refractivity contribution in [2.75, 3.05) is 0 Å². The van der Waals surface area contributed by atoms with E-state index in [-0.39, 0.29) is 0 Å². The molecule has 1 aromatic rings. The summed E-state index contributed by atoms with van der Waals surface area (Å²) in [7, 11) is 0. The highest BCUT2D eigenvalue weighted by Gasteiger charge is 2.35. The minimum Gasteiger partial charge on any atom is -0.198 e. The van der Waals surface area contributed by atoms with E-state index in [0.29, 0.717) is 12.3 Å².